The first kappa shape index (κ1) is 39.3. The van der Waals surface area contributed by atoms with Gasteiger partial charge in [0.2, 0.25) is 0 Å². The molecule has 5 aromatic heterocycles. The lowest BCUT2D eigenvalue weighted by Crippen LogP contribution is -2.00. The minimum Gasteiger partial charge on any atom is -0.264 e. The summed E-state index contributed by atoms with van der Waals surface area (Å²) >= 11 is 5.25. The van der Waals surface area contributed by atoms with Gasteiger partial charge >= 0.3 is 0 Å². The fourth-order valence-corrected chi connectivity index (χ4v) is 12.0. The summed E-state index contributed by atoms with van der Waals surface area (Å²) in [5, 5.41) is 4.48. The summed E-state index contributed by atoms with van der Waals surface area (Å²) in [4.78, 5) is 29.4. The normalized spacial score (nSPS) is 11.6. The second-order valence-electron chi connectivity index (χ2n) is 16.3. The highest BCUT2D eigenvalue weighted by atomic mass is 32.1. The Morgan fingerprint density at radius 2 is 0.701 bits per heavy atom. The molecule has 0 bridgehead atoms. The summed E-state index contributed by atoms with van der Waals surface area (Å²) in [5.41, 5.74) is 13.9. The van der Waals surface area contributed by atoms with Gasteiger partial charge in [0.05, 0.1) is 20.4 Å². The summed E-state index contributed by atoms with van der Waals surface area (Å²) in [5.74, 6) is 1.82. The Morgan fingerprint density at radius 3 is 1.13 bits per heavy atom. The smallest absolute Gasteiger partial charge is 0.164 e. The molecule has 0 atom stereocenters. The number of benzene rings is 8. The number of aromatic nitrogens is 6. The molecule has 0 saturated carbocycles. The van der Waals surface area contributed by atoms with E-state index in [9.17, 15) is 0 Å². The Kier molecular flexibility index (Phi) is 9.63. The fraction of sp³-hybridized carbons (Fsp3) is 0. The molecule has 0 radical (unpaired) electrons. The van der Waals surface area contributed by atoms with Gasteiger partial charge in [-0.2, -0.15) is 0 Å². The number of para-hydroxylation sites is 2. The number of thiophene rings is 1. The quantitative estimate of drug-likeness (QED) is 0.151. The van der Waals surface area contributed by atoms with Crippen LogP contribution < -0.4 is 0 Å². The highest BCUT2D eigenvalue weighted by Gasteiger charge is 2.17. The van der Waals surface area contributed by atoms with Crippen molar-refractivity contribution in [3.05, 3.63) is 207 Å². The second kappa shape index (κ2) is 16.4. The highest BCUT2D eigenvalue weighted by molar-refractivity contribution is 7.27. The first-order valence-corrected chi connectivity index (χ1v) is 24.3. The van der Waals surface area contributed by atoms with Crippen LogP contribution in [0, 0.1) is 0 Å². The Balaban J connectivity index is 0.859. The molecular formula is C58H34N6S3. The maximum Gasteiger partial charge on any atom is 0.164 e. The second-order valence-corrected chi connectivity index (χ2v) is 19.4. The molecule has 0 amide bonds. The van der Waals surface area contributed by atoms with Gasteiger partial charge in [0.15, 0.2) is 17.5 Å². The number of pyridine rings is 1. The van der Waals surface area contributed by atoms with Crippen LogP contribution in [0.1, 0.15) is 0 Å². The average molecular weight is 911 g/mol. The van der Waals surface area contributed by atoms with Gasteiger partial charge in [-0.1, -0.05) is 164 Å². The average Bonchev–Trinajstić information content (AvgIpc) is 4.15. The third kappa shape index (κ3) is 7.26. The molecule has 0 aliphatic carbocycles. The van der Waals surface area contributed by atoms with Crippen molar-refractivity contribution in [2.75, 3.05) is 0 Å². The van der Waals surface area contributed by atoms with Crippen molar-refractivity contribution < 1.29 is 0 Å². The molecule has 0 saturated heterocycles. The van der Waals surface area contributed by atoms with Crippen molar-refractivity contribution in [3.8, 4) is 88.7 Å². The molecule has 13 aromatic rings. The van der Waals surface area contributed by atoms with Crippen LogP contribution in [0.5, 0.6) is 0 Å². The summed E-state index contributed by atoms with van der Waals surface area (Å²) in [6, 6.07) is 68.1. The number of hydrogen-bond donors (Lipinski definition) is 0. The van der Waals surface area contributed by atoms with Gasteiger partial charge in [-0.05, 0) is 63.7 Å². The van der Waals surface area contributed by atoms with E-state index in [1.54, 1.807) is 22.7 Å². The van der Waals surface area contributed by atoms with Crippen LogP contribution in [0.2, 0.25) is 0 Å². The predicted molar refractivity (Wildman–Crippen MR) is 280 cm³/mol. The molecule has 8 aromatic carbocycles. The van der Waals surface area contributed by atoms with Gasteiger partial charge in [-0.3, -0.25) is 4.98 Å². The number of rotatable bonds is 8. The molecule has 0 fully saturated rings. The summed E-state index contributed by atoms with van der Waals surface area (Å²) in [6.45, 7) is 0. The van der Waals surface area contributed by atoms with E-state index in [1.165, 1.54) is 46.3 Å². The van der Waals surface area contributed by atoms with E-state index in [0.717, 1.165) is 65.6 Å². The Morgan fingerprint density at radius 1 is 0.284 bits per heavy atom. The van der Waals surface area contributed by atoms with Crippen LogP contribution in [0.25, 0.3) is 129 Å². The molecule has 13 rings (SSSR count). The van der Waals surface area contributed by atoms with Gasteiger partial charge < -0.3 is 0 Å². The third-order valence-electron chi connectivity index (χ3n) is 12.2. The predicted octanol–water partition coefficient (Wildman–Crippen LogP) is 16.2. The summed E-state index contributed by atoms with van der Waals surface area (Å²) in [7, 11) is 0. The maximum atomic E-state index is 5.12. The van der Waals surface area contributed by atoms with Crippen LogP contribution in [0.15, 0.2) is 207 Å². The Labute approximate surface area is 397 Å². The lowest BCUT2D eigenvalue weighted by molar-refractivity contribution is 1.07. The minimum absolute atomic E-state index is 0.604. The number of hydrogen-bond acceptors (Lipinski definition) is 9. The van der Waals surface area contributed by atoms with Gasteiger partial charge in [0.1, 0.15) is 10.0 Å². The number of fused-ring (bicyclic) bond motifs is 5. The molecule has 314 valence electrons. The molecule has 0 aliphatic rings. The summed E-state index contributed by atoms with van der Waals surface area (Å²) in [6.07, 6.45) is 3.72. The van der Waals surface area contributed by atoms with Crippen molar-refractivity contribution in [3.63, 3.8) is 0 Å². The SMILES string of the molecule is c1cncc(-c2ccc(-c3cccc4c3sc3c(-c5ccc(-c6nc(-c7ccc(-c8nc9ccccc9s8)cc7)nc(-c7ccc(-c8nc9ccccc9s8)cc7)n6)cc5)cccc34)cc2)c1. The molecule has 0 unspecified atom stereocenters. The molecule has 0 aliphatic heterocycles. The Bertz CT molecular complexity index is 3750. The largest absolute Gasteiger partial charge is 0.264 e. The van der Waals surface area contributed by atoms with E-state index < -0.39 is 0 Å². The van der Waals surface area contributed by atoms with Crippen molar-refractivity contribution in [1.29, 1.82) is 0 Å². The van der Waals surface area contributed by atoms with E-state index in [2.05, 4.69) is 181 Å². The highest BCUT2D eigenvalue weighted by Crippen LogP contribution is 2.44. The minimum atomic E-state index is 0.604. The lowest BCUT2D eigenvalue weighted by atomic mass is 9.98. The Hall–Kier alpha value is -8.08. The van der Waals surface area contributed by atoms with Crippen LogP contribution in [0.3, 0.4) is 0 Å². The molecule has 0 spiro atoms. The van der Waals surface area contributed by atoms with Crippen molar-refractivity contribution in [2.24, 2.45) is 0 Å². The molecular weight excluding hydrogens is 877 g/mol. The van der Waals surface area contributed by atoms with Gasteiger partial charge in [-0.15, -0.1) is 34.0 Å². The van der Waals surface area contributed by atoms with E-state index in [4.69, 9.17) is 24.9 Å². The van der Waals surface area contributed by atoms with Crippen molar-refractivity contribution in [2.45, 2.75) is 0 Å². The van der Waals surface area contributed by atoms with Crippen LogP contribution >= 0.6 is 34.0 Å². The fourth-order valence-electron chi connectivity index (χ4n) is 8.73. The first-order valence-electron chi connectivity index (χ1n) is 21.9. The van der Waals surface area contributed by atoms with Crippen molar-refractivity contribution >= 4 is 74.6 Å². The van der Waals surface area contributed by atoms with Crippen molar-refractivity contribution in [1.82, 2.24) is 29.9 Å². The zero-order valence-electron chi connectivity index (χ0n) is 35.5. The molecule has 67 heavy (non-hydrogen) atoms. The van der Waals surface area contributed by atoms with Crippen LogP contribution in [-0.4, -0.2) is 29.9 Å². The molecule has 6 nitrogen and oxygen atoms in total. The first-order chi connectivity index (χ1) is 33.1. The van der Waals surface area contributed by atoms with E-state index in [-0.39, 0.29) is 0 Å². The van der Waals surface area contributed by atoms with Gasteiger partial charge in [-0.25, -0.2) is 24.9 Å². The zero-order chi connectivity index (χ0) is 44.3. The molecule has 0 N–H and O–H groups in total. The lowest BCUT2D eigenvalue weighted by Gasteiger charge is -2.10. The van der Waals surface area contributed by atoms with Crippen LogP contribution in [-0.2, 0) is 0 Å². The summed E-state index contributed by atoms with van der Waals surface area (Å²) < 4.78 is 4.88. The third-order valence-corrected chi connectivity index (χ3v) is 15.6. The maximum absolute atomic E-state index is 5.12. The van der Waals surface area contributed by atoms with Gasteiger partial charge in [0.25, 0.3) is 0 Å². The zero-order valence-corrected chi connectivity index (χ0v) is 38.0. The number of thiazole rings is 2. The van der Waals surface area contributed by atoms with Crippen LogP contribution in [0.4, 0.5) is 0 Å². The number of nitrogens with zero attached hydrogens (tertiary/aromatic N) is 6. The van der Waals surface area contributed by atoms with E-state index in [1.807, 2.05) is 41.9 Å². The molecule has 5 heterocycles. The monoisotopic (exact) mass is 910 g/mol. The van der Waals surface area contributed by atoms with Gasteiger partial charge in [0, 0.05) is 60.4 Å². The topological polar surface area (TPSA) is 77.3 Å². The molecule has 9 heteroatoms. The standard InChI is InChI=1S/C58H34N6S3/c1-3-15-50-48(13-1)60-57(65-50)41-29-25-39(26-30-41)55-62-54(63-56(64-55)40-27-31-42(32-28-40)58-61-49-14-2-4-16-51(49)66-58)38-23-21-37(22-24-38)45-10-6-12-47-46-11-5-9-44(52(46)67-53(45)47)36-19-17-35(18-20-36)43-8-7-33-59-34-43/h1-34H. The van der Waals surface area contributed by atoms with E-state index in [0.29, 0.717) is 17.5 Å². The van der Waals surface area contributed by atoms with E-state index >= 15 is 0 Å².